The van der Waals surface area contributed by atoms with Gasteiger partial charge in [0.1, 0.15) is 13.2 Å². The molecule has 0 N–H and O–H groups in total. The Morgan fingerprint density at radius 1 is 1.04 bits per heavy atom. The number of hydrogen-bond acceptors (Lipinski definition) is 4. The summed E-state index contributed by atoms with van der Waals surface area (Å²) in [6, 6.07) is 12.9. The molecule has 0 spiro atoms. The first kappa shape index (κ1) is 19.4. The van der Waals surface area contributed by atoms with Crippen molar-refractivity contribution in [2.45, 2.75) is 26.3 Å². The smallest absolute Gasteiger partial charge is 0.223 e. The number of nitrogens with zero attached hydrogens (tertiary/aromatic N) is 1. The minimum absolute atomic E-state index is 0.0271. The summed E-state index contributed by atoms with van der Waals surface area (Å²) in [7, 11) is 0. The Balaban J connectivity index is 1.61. The number of Topliss-reactive ketones (excluding diaryl/α,β-unsaturated/α-hetero) is 1. The van der Waals surface area contributed by atoms with E-state index in [-0.39, 0.29) is 24.5 Å². The molecule has 6 heteroatoms. The summed E-state index contributed by atoms with van der Waals surface area (Å²) in [6.45, 7) is 3.97. The van der Waals surface area contributed by atoms with Crippen molar-refractivity contribution in [3.05, 3.63) is 58.1 Å². The van der Waals surface area contributed by atoms with Crippen LogP contribution in [0.1, 0.15) is 35.7 Å². The van der Waals surface area contributed by atoms with E-state index in [1.54, 1.807) is 17.0 Å². The third kappa shape index (κ3) is 4.89. The summed E-state index contributed by atoms with van der Waals surface area (Å²) >= 11 is 3.35. The number of para-hydroxylation sites is 1. The van der Waals surface area contributed by atoms with Gasteiger partial charge >= 0.3 is 0 Å². The van der Waals surface area contributed by atoms with Gasteiger partial charge in [0.05, 0.1) is 0 Å². The highest BCUT2D eigenvalue weighted by molar-refractivity contribution is 9.10. The lowest BCUT2D eigenvalue weighted by atomic mass is 10.1. The number of carbonyl (C=O) groups excluding carboxylic acids is 2. The van der Waals surface area contributed by atoms with Crippen molar-refractivity contribution in [1.29, 1.82) is 0 Å². The standard InChI is InChI=1S/C21H22BrNO4/c1-2-23(14-16-4-3-5-19-21(16)27-13-12-26-19)20(25)11-10-18(24)15-6-8-17(22)9-7-15/h3-9H,2,10-14H2,1H3. The molecule has 0 aliphatic carbocycles. The third-order valence-electron chi connectivity index (χ3n) is 4.48. The minimum Gasteiger partial charge on any atom is -0.486 e. The largest absolute Gasteiger partial charge is 0.486 e. The number of ether oxygens (including phenoxy) is 2. The van der Waals surface area contributed by atoms with Crippen LogP contribution in [0.5, 0.6) is 11.5 Å². The molecule has 1 aliphatic heterocycles. The van der Waals surface area contributed by atoms with E-state index < -0.39 is 0 Å². The molecule has 0 bridgehead atoms. The Morgan fingerprint density at radius 2 is 1.78 bits per heavy atom. The van der Waals surface area contributed by atoms with E-state index in [4.69, 9.17) is 9.47 Å². The van der Waals surface area contributed by atoms with Gasteiger partial charge in [0, 0.05) is 41.5 Å². The van der Waals surface area contributed by atoms with Crippen molar-refractivity contribution in [3.63, 3.8) is 0 Å². The Labute approximate surface area is 167 Å². The van der Waals surface area contributed by atoms with Crippen LogP contribution >= 0.6 is 15.9 Å². The van der Waals surface area contributed by atoms with E-state index in [2.05, 4.69) is 15.9 Å². The summed E-state index contributed by atoms with van der Waals surface area (Å²) in [5.74, 6) is 1.35. The van der Waals surface area contributed by atoms with Crippen LogP contribution in [0.2, 0.25) is 0 Å². The molecule has 5 nitrogen and oxygen atoms in total. The van der Waals surface area contributed by atoms with Gasteiger partial charge in [-0.25, -0.2) is 0 Å². The maximum Gasteiger partial charge on any atom is 0.223 e. The Hall–Kier alpha value is -2.34. The SMILES string of the molecule is CCN(Cc1cccc2c1OCCO2)C(=O)CCC(=O)c1ccc(Br)cc1. The molecule has 0 saturated carbocycles. The zero-order chi connectivity index (χ0) is 19.2. The molecular formula is C21H22BrNO4. The Morgan fingerprint density at radius 3 is 2.52 bits per heavy atom. The van der Waals surface area contributed by atoms with Crippen molar-refractivity contribution in [3.8, 4) is 11.5 Å². The number of fused-ring (bicyclic) bond motifs is 1. The Kier molecular flexibility index (Phi) is 6.50. The molecule has 27 heavy (non-hydrogen) atoms. The van der Waals surface area contributed by atoms with Gasteiger partial charge in [-0.2, -0.15) is 0 Å². The van der Waals surface area contributed by atoms with Crippen molar-refractivity contribution >= 4 is 27.6 Å². The number of amides is 1. The molecule has 0 aromatic heterocycles. The third-order valence-corrected chi connectivity index (χ3v) is 5.00. The van der Waals surface area contributed by atoms with Gasteiger partial charge in [0.15, 0.2) is 17.3 Å². The fourth-order valence-electron chi connectivity index (χ4n) is 3.00. The second kappa shape index (κ2) is 9.04. The zero-order valence-electron chi connectivity index (χ0n) is 15.2. The van der Waals surface area contributed by atoms with E-state index in [1.165, 1.54) is 0 Å². The van der Waals surface area contributed by atoms with Crippen LogP contribution in [-0.4, -0.2) is 36.3 Å². The number of halogens is 1. The average Bonchev–Trinajstić information content (AvgIpc) is 2.70. The summed E-state index contributed by atoms with van der Waals surface area (Å²) < 4.78 is 12.2. The molecular weight excluding hydrogens is 410 g/mol. The van der Waals surface area contributed by atoms with Gasteiger partial charge in [0.25, 0.3) is 0 Å². The van der Waals surface area contributed by atoms with Gasteiger partial charge in [-0.05, 0) is 25.1 Å². The predicted molar refractivity (Wildman–Crippen MR) is 106 cm³/mol. The van der Waals surface area contributed by atoms with Crippen molar-refractivity contribution in [2.75, 3.05) is 19.8 Å². The molecule has 0 atom stereocenters. The van der Waals surface area contributed by atoms with Crippen LogP contribution in [0.15, 0.2) is 46.9 Å². The lowest BCUT2D eigenvalue weighted by Gasteiger charge is -2.25. The number of hydrogen-bond donors (Lipinski definition) is 0. The summed E-state index contributed by atoms with van der Waals surface area (Å²) in [6.07, 6.45) is 0.387. The minimum atomic E-state index is -0.0442. The summed E-state index contributed by atoms with van der Waals surface area (Å²) in [5, 5.41) is 0. The number of ketones is 1. The highest BCUT2D eigenvalue weighted by Crippen LogP contribution is 2.34. The van der Waals surface area contributed by atoms with Crippen LogP contribution in [0, 0.1) is 0 Å². The van der Waals surface area contributed by atoms with Crippen molar-refractivity contribution < 1.29 is 19.1 Å². The molecule has 1 aliphatic rings. The monoisotopic (exact) mass is 431 g/mol. The lowest BCUT2D eigenvalue weighted by molar-refractivity contribution is -0.131. The summed E-state index contributed by atoms with van der Waals surface area (Å²) in [5.41, 5.74) is 1.54. The average molecular weight is 432 g/mol. The van der Waals surface area contributed by atoms with Crippen molar-refractivity contribution in [2.24, 2.45) is 0 Å². The maximum absolute atomic E-state index is 12.6. The van der Waals surface area contributed by atoms with E-state index in [9.17, 15) is 9.59 Å². The summed E-state index contributed by atoms with van der Waals surface area (Å²) in [4.78, 5) is 26.7. The molecule has 1 heterocycles. The first-order valence-corrected chi connectivity index (χ1v) is 9.82. The van der Waals surface area contributed by atoms with Gasteiger partial charge in [-0.1, -0.05) is 40.2 Å². The van der Waals surface area contributed by atoms with E-state index >= 15 is 0 Å². The van der Waals surface area contributed by atoms with Crippen LogP contribution in [0.4, 0.5) is 0 Å². The van der Waals surface area contributed by atoms with Gasteiger partial charge in [0.2, 0.25) is 5.91 Å². The molecule has 0 radical (unpaired) electrons. The van der Waals surface area contributed by atoms with Crippen LogP contribution in [0.3, 0.4) is 0 Å². The molecule has 2 aromatic carbocycles. The van der Waals surface area contributed by atoms with E-state index in [1.807, 2.05) is 37.3 Å². The van der Waals surface area contributed by atoms with Gasteiger partial charge in [-0.3, -0.25) is 9.59 Å². The Bertz CT molecular complexity index is 819. The normalized spacial score (nSPS) is 12.5. The highest BCUT2D eigenvalue weighted by Gasteiger charge is 2.20. The van der Waals surface area contributed by atoms with E-state index in [0.717, 1.165) is 10.0 Å². The fraction of sp³-hybridized carbons (Fsp3) is 0.333. The highest BCUT2D eigenvalue weighted by atomic mass is 79.9. The fourth-order valence-corrected chi connectivity index (χ4v) is 3.26. The van der Waals surface area contributed by atoms with E-state index in [0.29, 0.717) is 43.4 Å². The van der Waals surface area contributed by atoms with Gasteiger partial charge < -0.3 is 14.4 Å². The first-order valence-electron chi connectivity index (χ1n) is 9.02. The second-order valence-electron chi connectivity index (χ2n) is 6.28. The lowest BCUT2D eigenvalue weighted by Crippen LogP contribution is -2.31. The second-order valence-corrected chi connectivity index (χ2v) is 7.19. The molecule has 0 unspecified atom stereocenters. The zero-order valence-corrected chi connectivity index (χ0v) is 16.8. The first-order chi connectivity index (χ1) is 13.1. The molecule has 0 fully saturated rings. The molecule has 3 rings (SSSR count). The number of rotatable bonds is 7. The van der Waals surface area contributed by atoms with Crippen molar-refractivity contribution in [1.82, 2.24) is 4.90 Å². The number of carbonyl (C=O) groups is 2. The maximum atomic E-state index is 12.6. The van der Waals surface area contributed by atoms with Crippen LogP contribution < -0.4 is 9.47 Å². The predicted octanol–water partition coefficient (Wildman–Crippen LogP) is 4.23. The van der Waals surface area contributed by atoms with Crippen LogP contribution in [-0.2, 0) is 11.3 Å². The molecule has 1 amide bonds. The van der Waals surface area contributed by atoms with Gasteiger partial charge in [-0.15, -0.1) is 0 Å². The quantitative estimate of drug-likeness (QED) is 0.615. The molecule has 142 valence electrons. The topological polar surface area (TPSA) is 55.8 Å². The molecule has 0 saturated heterocycles. The number of benzene rings is 2. The molecule has 2 aromatic rings. The van der Waals surface area contributed by atoms with Crippen LogP contribution in [0.25, 0.3) is 0 Å².